The Morgan fingerprint density at radius 1 is 1.35 bits per heavy atom. The molecule has 138 valence electrons. The van der Waals surface area contributed by atoms with Crippen LogP contribution >= 0.6 is 11.8 Å². The Bertz CT molecular complexity index is 731. The quantitative estimate of drug-likeness (QED) is 0.501. The Balaban J connectivity index is 2.38. The van der Waals surface area contributed by atoms with Crippen LogP contribution in [0.5, 0.6) is 0 Å². The largest absolute Gasteiger partial charge is 0.457 e. The SMILES string of the molecule is CC(=N)[C@@H](C#N)C(=O)COC(=O)[C@H](C)SCC(=O)Nc1ccc(F)cc1. The van der Waals surface area contributed by atoms with Crippen LogP contribution in [-0.4, -0.2) is 41.0 Å². The molecule has 0 unspecified atom stereocenters. The fraction of sp³-hybridized carbons (Fsp3) is 0.353. The molecule has 9 heteroatoms. The molecule has 1 aromatic rings. The second-order valence-corrected chi connectivity index (χ2v) is 6.66. The number of hydrogen-bond acceptors (Lipinski definition) is 7. The van der Waals surface area contributed by atoms with E-state index in [0.29, 0.717) is 5.69 Å². The van der Waals surface area contributed by atoms with Gasteiger partial charge in [0.1, 0.15) is 17.0 Å². The van der Waals surface area contributed by atoms with Crippen molar-refractivity contribution < 1.29 is 23.5 Å². The number of nitrogens with zero attached hydrogens (tertiary/aromatic N) is 1. The van der Waals surface area contributed by atoms with Gasteiger partial charge in [0.05, 0.1) is 11.8 Å². The van der Waals surface area contributed by atoms with Crippen LogP contribution in [0.4, 0.5) is 10.1 Å². The predicted octanol–water partition coefficient (Wildman–Crippen LogP) is 2.18. The number of amides is 1. The smallest absolute Gasteiger partial charge is 0.319 e. The zero-order chi connectivity index (χ0) is 19.7. The molecule has 0 aliphatic heterocycles. The highest BCUT2D eigenvalue weighted by Crippen LogP contribution is 2.14. The lowest BCUT2D eigenvalue weighted by atomic mass is 10.0. The maximum atomic E-state index is 12.8. The van der Waals surface area contributed by atoms with E-state index in [1.807, 2.05) is 0 Å². The number of anilines is 1. The molecule has 0 aliphatic carbocycles. The minimum atomic E-state index is -1.23. The van der Waals surface area contributed by atoms with Crippen molar-refractivity contribution in [2.24, 2.45) is 5.92 Å². The summed E-state index contributed by atoms with van der Waals surface area (Å²) in [5.74, 6) is -3.42. The summed E-state index contributed by atoms with van der Waals surface area (Å²) in [6.07, 6.45) is 0. The Hall–Kier alpha value is -2.73. The molecule has 0 aliphatic rings. The maximum absolute atomic E-state index is 12.8. The summed E-state index contributed by atoms with van der Waals surface area (Å²) in [5, 5.41) is 18.0. The van der Waals surface area contributed by atoms with E-state index in [0.717, 1.165) is 11.8 Å². The van der Waals surface area contributed by atoms with E-state index in [1.54, 1.807) is 6.07 Å². The minimum absolute atomic E-state index is 0.0397. The van der Waals surface area contributed by atoms with Gasteiger partial charge in [-0.25, -0.2) is 4.39 Å². The van der Waals surface area contributed by atoms with Gasteiger partial charge in [0.2, 0.25) is 5.91 Å². The number of nitrogens with one attached hydrogen (secondary N) is 2. The highest BCUT2D eigenvalue weighted by Gasteiger charge is 2.23. The lowest BCUT2D eigenvalue weighted by Crippen LogP contribution is -2.28. The number of rotatable bonds is 9. The van der Waals surface area contributed by atoms with Gasteiger partial charge >= 0.3 is 5.97 Å². The Labute approximate surface area is 154 Å². The van der Waals surface area contributed by atoms with Gasteiger partial charge in [-0.3, -0.25) is 14.4 Å². The fourth-order valence-corrected chi connectivity index (χ4v) is 2.43. The number of benzene rings is 1. The van der Waals surface area contributed by atoms with Gasteiger partial charge in [0.25, 0.3) is 0 Å². The summed E-state index contributed by atoms with van der Waals surface area (Å²) >= 11 is 1.01. The van der Waals surface area contributed by atoms with E-state index >= 15 is 0 Å². The summed E-state index contributed by atoms with van der Waals surface area (Å²) in [7, 11) is 0. The summed E-state index contributed by atoms with van der Waals surface area (Å²) in [4.78, 5) is 35.3. The van der Waals surface area contributed by atoms with Crippen LogP contribution in [0.1, 0.15) is 13.8 Å². The number of esters is 1. The number of hydrogen-bond donors (Lipinski definition) is 2. The molecule has 2 N–H and O–H groups in total. The summed E-state index contributed by atoms with van der Waals surface area (Å²) in [6, 6.07) is 6.93. The van der Waals surface area contributed by atoms with Crippen molar-refractivity contribution in [3.8, 4) is 6.07 Å². The van der Waals surface area contributed by atoms with E-state index in [1.165, 1.54) is 38.1 Å². The van der Waals surface area contributed by atoms with Crippen molar-refractivity contribution in [2.45, 2.75) is 19.1 Å². The molecule has 0 radical (unpaired) electrons. The van der Waals surface area contributed by atoms with Gasteiger partial charge in [-0.2, -0.15) is 5.26 Å². The maximum Gasteiger partial charge on any atom is 0.319 e. The molecule has 0 fully saturated rings. The molecular weight excluding hydrogens is 361 g/mol. The summed E-state index contributed by atoms with van der Waals surface area (Å²) in [5.41, 5.74) is 0.316. The predicted molar refractivity (Wildman–Crippen MR) is 95.4 cm³/mol. The second-order valence-electron chi connectivity index (χ2n) is 5.33. The Morgan fingerprint density at radius 2 is 1.96 bits per heavy atom. The third kappa shape index (κ3) is 7.03. The number of Topliss-reactive ketones (excluding diaryl/α,β-unsaturated/α-hetero) is 1. The summed E-state index contributed by atoms with van der Waals surface area (Å²) in [6.45, 7) is 2.25. The van der Waals surface area contributed by atoms with Gasteiger partial charge in [-0.15, -0.1) is 11.8 Å². The topological polar surface area (TPSA) is 120 Å². The number of carbonyl (C=O) groups is 3. The van der Waals surface area contributed by atoms with Crippen molar-refractivity contribution in [1.29, 1.82) is 10.7 Å². The molecule has 0 heterocycles. The van der Waals surface area contributed by atoms with Crippen molar-refractivity contribution in [3.63, 3.8) is 0 Å². The highest BCUT2D eigenvalue weighted by atomic mass is 32.2. The first-order valence-corrected chi connectivity index (χ1v) is 8.60. The van der Waals surface area contributed by atoms with Crippen molar-refractivity contribution in [2.75, 3.05) is 17.7 Å². The van der Waals surface area contributed by atoms with Crippen LogP contribution in [0, 0.1) is 28.5 Å². The molecule has 1 rings (SSSR count). The van der Waals surface area contributed by atoms with Crippen LogP contribution < -0.4 is 5.32 Å². The molecule has 2 atom stereocenters. The Kier molecular flexibility index (Phi) is 8.45. The lowest BCUT2D eigenvalue weighted by molar-refractivity contribution is -0.147. The van der Waals surface area contributed by atoms with E-state index in [9.17, 15) is 18.8 Å². The number of ether oxygens (including phenoxy) is 1. The Morgan fingerprint density at radius 3 is 2.50 bits per heavy atom. The van der Waals surface area contributed by atoms with Gasteiger partial charge in [0.15, 0.2) is 12.4 Å². The third-order valence-corrected chi connectivity index (χ3v) is 4.29. The number of nitriles is 1. The normalized spacial score (nSPS) is 12.4. The van der Waals surface area contributed by atoms with E-state index < -0.39 is 35.3 Å². The zero-order valence-corrected chi connectivity index (χ0v) is 15.1. The molecule has 1 aromatic carbocycles. The molecule has 0 aromatic heterocycles. The monoisotopic (exact) mass is 379 g/mol. The van der Waals surface area contributed by atoms with E-state index in [2.05, 4.69) is 5.32 Å². The van der Waals surface area contributed by atoms with Crippen LogP contribution in [0.2, 0.25) is 0 Å². The van der Waals surface area contributed by atoms with Crippen molar-refractivity contribution in [3.05, 3.63) is 30.1 Å². The van der Waals surface area contributed by atoms with Gasteiger partial charge in [-0.1, -0.05) is 0 Å². The summed E-state index contributed by atoms with van der Waals surface area (Å²) < 4.78 is 17.6. The number of halogens is 1. The highest BCUT2D eigenvalue weighted by molar-refractivity contribution is 8.01. The second kappa shape index (κ2) is 10.3. The van der Waals surface area contributed by atoms with Crippen molar-refractivity contribution >= 4 is 40.8 Å². The van der Waals surface area contributed by atoms with Gasteiger partial charge in [-0.05, 0) is 38.1 Å². The molecule has 1 amide bonds. The van der Waals surface area contributed by atoms with Gasteiger partial charge in [0, 0.05) is 11.4 Å². The average molecular weight is 379 g/mol. The van der Waals surface area contributed by atoms with Crippen LogP contribution in [0.3, 0.4) is 0 Å². The van der Waals surface area contributed by atoms with Crippen LogP contribution in [-0.2, 0) is 19.1 Å². The number of ketones is 1. The molecule has 7 nitrogen and oxygen atoms in total. The standard InChI is InChI=1S/C17H18FN3O4S/c1-10(20)14(7-19)15(22)8-25-17(24)11(2)26-9-16(23)21-13-5-3-12(18)4-6-13/h3-6,11,14,20H,8-9H2,1-2H3,(H,21,23)/t11-,14+/m0/s1. The van der Waals surface area contributed by atoms with E-state index in [4.69, 9.17) is 15.4 Å². The first-order valence-electron chi connectivity index (χ1n) is 7.55. The molecular formula is C17H18FN3O4S. The average Bonchev–Trinajstić information content (AvgIpc) is 2.59. The first-order chi connectivity index (χ1) is 12.2. The molecule has 0 bridgehead atoms. The van der Waals surface area contributed by atoms with Gasteiger partial charge < -0.3 is 15.5 Å². The number of thioether (sulfide) groups is 1. The molecule has 0 spiro atoms. The van der Waals surface area contributed by atoms with E-state index in [-0.39, 0.29) is 17.4 Å². The molecule has 26 heavy (non-hydrogen) atoms. The van der Waals surface area contributed by atoms with Crippen LogP contribution in [0.25, 0.3) is 0 Å². The number of carbonyl (C=O) groups excluding carboxylic acids is 3. The lowest BCUT2D eigenvalue weighted by Gasteiger charge is -2.12. The molecule has 0 saturated carbocycles. The minimum Gasteiger partial charge on any atom is -0.457 e. The first kappa shape index (κ1) is 21.3. The zero-order valence-electron chi connectivity index (χ0n) is 14.2. The molecule has 0 saturated heterocycles. The van der Waals surface area contributed by atoms with Crippen molar-refractivity contribution in [1.82, 2.24) is 0 Å². The van der Waals surface area contributed by atoms with Crippen LogP contribution in [0.15, 0.2) is 24.3 Å². The third-order valence-electron chi connectivity index (χ3n) is 3.17. The fourth-order valence-electron chi connectivity index (χ4n) is 1.75.